The molecule has 3 aromatic rings. The summed E-state index contributed by atoms with van der Waals surface area (Å²) in [4.78, 5) is 12.2. The summed E-state index contributed by atoms with van der Waals surface area (Å²) in [5.74, 6) is 0.642. The molecule has 0 unspecified atom stereocenters. The number of hydrogen-bond acceptors (Lipinski definition) is 4. The molecule has 1 saturated carbocycles. The van der Waals surface area contributed by atoms with E-state index in [1.165, 1.54) is 0 Å². The van der Waals surface area contributed by atoms with E-state index in [-0.39, 0.29) is 17.8 Å². The van der Waals surface area contributed by atoms with Crippen molar-refractivity contribution in [3.05, 3.63) is 52.4 Å². The lowest BCUT2D eigenvalue weighted by Crippen LogP contribution is -2.37. The quantitative estimate of drug-likeness (QED) is 0.583. The zero-order chi connectivity index (χ0) is 15.3. The first-order valence-electron chi connectivity index (χ1n) is 7.42. The molecule has 0 radical (unpaired) electrons. The van der Waals surface area contributed by atoms with Gasteiger partial charge in [0.15, 0.2) is 0 Å². The summed E-state index contributed by atoms with van der Waals surface area (Å²) in [6.45, 7) is 1.97. The number of ether oxygens (including phenoxy) is 1. The van der Waals surface area contributed by atoms with E-state index in [0.717, 1.165) is 16.3 Å². The molecule has 2 aromatic carbocycles. The van der Waals surface area contributed by atoms with Crippen molar-refractivity contribution in [2.45, 2.75) is 32.0 Å². The topological polar surface area (TPSA) is 59.7 Å². The molecule has 112 valence electrons. The smallest absolute Gasteiger partial charge is 0.344 e. The van der Waals surface area contributed by atoms with Crippen molar-refractivity contribution < 1.29 is 14.3 Å². The molecule has 1 N–H and O–H groups in total. The van der Waals surface area contributed by atoms with Crippen LogP contribution in [-0.2, 0) is 0 Å². The molecule has 0 atom stereocenters. The first-order chi connectivity index (χ1) is 10.6. The number of aryl methyl sites for hydroxylation is 1. The van der Waals surface area contributed by atoms with E-state index in [1.807, 2.05) is 37.3 Å². The van der Waals surface area contributed by atoms with Gasteiger partial charge in [0.2, 0.25) is 0 Å². The Morgan fingerprint density at radius 3 is 2.64 bits per heavy atom. The molecule has 1 aromatic heterocycles. The first kappa shape index (κ1) is 13.3. The fraction of sp³-hybridized carbons (Fsp3) is 0.278. The molecule has 22 heavy (non-hydrogen) atoms. The van der Waals surface area contributed by atoms with Crippen molar-refractivity contribution in [1.82, 2.24) is 0 Å². The van der Waals surface area contributed by atoms with E-state index in [2.05, 4.69) is 0 Å². The van der Waals surface area contributed by atoms with Gasteiger partial charge in [0.25, 0.3) is 0 Å². The Morgan fingerprint density at radius 1 is 1.09 bits per heavy atom. The van der Waals surface area contributed by atoms with E-state index in [4.69, 9.17) is 9.15 Å². The molecule has 1 heterocycles. The van der Waals surface area contributed by atoms with Gasteiger partial charge in [-0.05, 0) is 36.8 Å². The normalized spacial score (nSPS) is 21.0. The Labute approximate surface area is 126 Å². The van der Waals surface area contributed by atoms with Gasteiger partial charge in [-0.1, -0.05) is 12.1 Å². The predicted octanol–water partition coefficient (Wildman–Crippen LogP) is 3.16. The van der Waals surface area contributed by atoms with Gasteiger partial charge in [0, 0.05) is 23.6 Å². The summed E-state index contributed by atoms with van der Waals surface area (Å²) < 4.78 is 11.2. The van der Waals surface area contributed by atoms with Crippen LogP contribution in [0.15, 0.2) is 45.6 Å². The molecule has 4 heteroatoms. The molecule has 0 aliphatic heterocycles. The van der Waals surface area contributed by atoms with Crippen LogP contribution in [0.25, 0.3) is 21.7 Å². The maximum absolute atomic E-state index is 12.2. The minimum absolute atomic E-state index is 0.0302. The number of hydrogen-bond donors (Lipinski definition) is 1. The summed E-state index contributed by atoms with van der Waals surface area (Å²) in [6.07, 6.45) is 1.05. The van der Waals surface area contributed by atoms with Crippen LogP contribution in [0.3, 0.4) is 0 Å². The van der Waals surface area contributed by atoms with Crippen LogP contribution in [0.5, 0.6) is 5.75 Å². The van der Waals surface area contributed by atoms with Crippen LogP contribution in [0, 0.1) is 6.92 Å². The van der Waals surface area contributed by atoms with E-state index in [1.54, 1.807) is 6.07 Å². The largest absolute Gasteiger partial charge is 0.490 e. The molecule has 0 saturated heterocycles. The lowest BCUT2D eigenvalue weighted by atomic mass is 9.92. The third kappa shape index (κ3) is 2.16. The Balaban J connectivity index is 1.82. The standard InChI is InChI=1S/C18H16O4/c1-10-2-4-15-14-5-3-12(21-13-7-11(19)8-13)9-16(14)18(20)22-17(15)6-10/h2-6,9,11,13,19H,7-8H2,1H3. The number of aliphatic hydroxyl groups is 1. The molecule has 0 spiro atoms. The van der Waals surface area contributed by atoms with Gasteiger partial charge in [-0.25, -0.2) is 4.79 Å². The minimum Gasteiger partial charge on any atom is -0.490 e. The molecule has 4 rings (SSSR count). The highest BCUT2D eigenvalue weighted by atomic mass is 16.5. The number of rotatable bonds is 2. The SMILES string of the molecule is Cc1ccc2c(c1)oc(=O)c1cc(OC3CC(O)C3)ccc12. The van der Waals surface area contributed by atoms with Crippen LogP contribution >= 0.6 is 0 Å². The van der Waals surface area contributed by atoms with Crippen LogP contribution in [-0.4, -0.2) is 17.3 Å². The first-order valence-corrected chi connectivity index (χ1v) is 7.42. The summed E-state index contributed by atoms with van der Waals surface area (Å²) in [5.41, 5.74) is 1.30. The predicted molar refractivity (Wildman–Crippen MR) is 84.4 cm³/mol. The van der Waals surface area contributed by atoms with Crippen molar-refractivity contribution in [2.75, 3.05) is 0 Å². The van der Waals surface area contributed by atoms with Crippen molar-refractivity contribution in [3.8, 4) is 5.75 Å². The lowest BCUT2D eigenvalue weighted by Gasteiger charge is -2.31. The molecule has 1 fully saturated rings. The van der Waals surface area contributed by atoms with Gasteiger partial charge >= 0.3 is 5.63 Å². The highest BCUT2D eigenvalue weighted by molar-refractivity contribution is 6.04. The summed E-state index contributed by atoms with van der Waals surface area (Å²) in [7, 11) is 0. The van der Waals surface area contributed by atoms with Gasteiger partial charge in [0.05, 0.1) is 11.5 Å². The summed E-state index contributed by atoms with van der Waals surface area (Å²) in [5, 5.41) is 11.6. The van der Waals surface area contributed by atoms with E-state index in [0.29, 0.717) is 29.6 Å². The van der Waals surface area contributed by atoms with E-state index >= 15 is 0 Å². The average Bonchev–Trinajstić information content (AvgIpc) is 2.46. The maximum atomic E-state index is 12.2. The fourth-order valence-corrected chi connectivity index (χ4v) is 2.92. The monoisotopic (exact) mass is 296 g/mol. The Kier molecular flexibility index (Phi) is 2.94. The van der Waals surface area contributed by atoms with E-state index in [9.17, 15) is 9.90 Å². The van der Waals surface area contributed by atoms with Gasteiger partial charge < -0.3 is 14.3 Å². The fourth-order valence-electron chi connectivity index (χ4n) is 2.92. The maximum Gasteiger partial charge on any atom is 0.344 e. The summed E-state index contributed by atoms with van der Waals surface area (Å²) in [6, 6.07) is 11.3. The molecule has 1 aliphatic rings. The van der Waals surface area contributed by atoms with Gasteiger partial charge in [-0.2, -0.15) is 0 Å². The van der Waals surface area contributed by atoms with Crippen LogP contribution in [0.4, 0.5) is 0 Å². The second kappa shape index (κ2) is 4.85. The van der Waals surface area contributed by atoms with Gasteiger partial charge in [0.1, 0.15) is 17.4 Å². The Hall–Kier alpha value is -2.33. The van der Waals surface area contributed by atoms with E-state index < -0.39 is 0 Å². The zero-order valence-corrected chi connectivity index (χ0v) is 12.2. The molecule has 0 amide bonds. The Morgan fingerprint density at radius 2 is 1.86 bits per heavy atom. The van der Waals surface area contributed by atoms with Crippen LogP contribution in [0.1, 0.15) is 18.4 Å². The molecular formula is C18H16O4. The van der Waals surface area contributed by atoms with Gasteiger partial charge in [-0.15, -0.1) is 0 Å². The zero-order valence-electron chi connectivity index (χ0n) is 12.2. The second-order valence-electron chi connectivity index (χ2n) is 5.96. The third-order valence-electron chi connectivity index (χ3n) is 4.21. The Bertz CT molecular complexity index is 919. The molecule has 1 aliphatic carbocycles. The second-order valence-corrected chi connectivity index (χ2v) is 5.96. The minimum atomic E-state index is -0.354. The third-order valence-corrected chi connectivity index (χ3v) is 4.21. The van der Waals surface area contributed by atoms with Crippen LogP contribution < -0.4 is 10.4 Å². The van der Waals surface area contributed by atoms with Gasteiger partial charge in [-0.3, -0.25) is 0 Å². The highest BCUT2D eigenvalue weighted by Crippen LogP contribution is 2.30. The lowest BCUT2D eigenvalue weighted by molar-refractivity contribution is -0.0107. The average molecular weight is 296 g/mol. The molecule has 0 bridgehead atoms. The van der Waals surface area contributed by atoms with Crippen LogP contribution in [0.2, 0.25) is 0 Å². The molecular weight excluding hydrogens is 280 g/mol. The van der Waals surface area contributed by atoms with Crippen molar-refractivity contribution in [2.24, 2.45) is 0 Å². The highest BCUT2D eigenvalue weighted by Gasteiger charge is 2.29. The van der Waals surface area contributed by atoms with Crippen molar-refractivity contribution in [1.29, 1.82) is 0 Å². The molecule has 4 nitrogen and oxygen atoms in total. The summed E-state index contributed by atoms with van der Waals surface area (Å²) >= 11 is 0. The van der Waals surface area contributed by atoms with Crippen molar-refractivity contribution in [3.63, 3.8) is 0 Å². The number of benzene rings is 2. The number of fused-ring (bicyclic) bond motifs is 3. The van der Waals surface area contributed by atoms with Crippen molar-refractivity contribution >= 4 is 21.7 Å². The number of aliphatic hydroxyl groups excluding tert-OH is 1.